The number of hydrogen-bond acceptors (Lipinski definition) is 3. The maximum Gasteiger partial charge on any atom is 0.161 e. The topological polar surface area (TPSA) is 44.5 Å². The summed E-state index contributed by atoms with van der Waals surface area (Å²) in [5, 5.41) is 0. The van der Waals surface area contributed by atoms with E-state index in [1.807, 2.05) is 0 Å². The first kappa shape index (κ1) is 13.7. The third-order valence-corrected chi connectivity index (χ3v) is 4.67. The normalized spacial score (nSPS) is 21.2. The summed E-state index contributed by atoms with van der Waals surface area (Å²) in [5.74, 6) is 2.98. The standard InChI is InChI=1S/C17H25NO2/c18-12-15(13-5-2-1-3-6-13)14-7-8-16-17(11-14)20-10-4-9-19-16/h7-8,11,13,15H,1-6,9-10,12,18H2. The van der Waals surface area contributed by atoms with E-state index in [1.54, 1.807) is 0 Å². The van der Waals surface area contributed by atoms with Crippen LogP contribution in [0.2, 0.25) is 0 Å². The number of nitrogens with two attached hydrogens (primary N) is 1. The van der Waals surface area contributed by atoms with E-state index in [9.17, 15) is 0 Å². The van der Waals surface area contributed by atoms with Gasteiger partial charge in [0.2, 0.25) is 0 Å². The highest BCUT2D eigenvalue weighted by atomic mass is 16.5. The molecule has 2 N–H and O–H groups in total. The molecule has 1 fully saturated rings. The van der Waals surface area contributed by atoms with Crippen LogP contribution in [0, 0.1) is 5.92 Å². The van der Waals surface area contributed by atoms with Crippen molar-refractivity contribution in [2.45, 2.75) is 44.4 Å². The molecule has 1 heterocycles. The quantitative estimate of drug-likeness (QED) is 0.918. The van der Waals surface area contributed by atoms with Gasteiger partial charge in [-0.1, -0.05) is 25.3 Å². The summed E-state index contributed by atoms with van der Waals surface area (Å²) < 4.78 is 11.5. The lowest BCUT2D eigenvalue weighted by atomic mass is 9.77. The second kappa shape index (κ2) is 6.49. The van der Waals surface area contributed by atoms with Gasteiger partial charge in [-0.2, -0.15) is 0 Å². The lowest BCUT2D eigenvalue weighted by molar-refractivity contribution is 0.296. The summed E-state index contributed by atoms with van der Waals surface area (Å²) in [6.07, 6.45) is 7.67. The molecule has 1 atom stereocenters. The average Bonchev–Trinajstić information content (AvgIpc) is 2.74. The highest BCUT2D eigenvalue weighted by Gasteiger charge is 2.25. The van der Waals surface area contributed by atoms with Gasteiger partial charge in [-0.05, 0) is 48.9 Å². The maximum absolute atomic E-state index is 6.07. The molecule has 3 heteroatoms. The van der Waals surface area contributed by atoms with Gasteiger partial charge in [0, 0.05) is 6.42 Å². The SMILES string of the molecule is NCC(c1ccc2c(c1)OCCCO2)C1CCCCC1. The summed E-state index contributed by atoms with van der Waals surface area (Å²) in [7, 11) is 0. The molecule has 0 bridgehead atoms. The van der Waals surface area contributed by atoms with Gasteiger partial charge < -0.3 is 15.2 Å². The molecule has 2 aliphatic rings. The zero-order valence-electron chi connectivity index (χ0n) is 12.1. The Hall–Kier alpha value is -1.22. The molecule has 3 nitrogen and oxygen atoms in total. The van der Waals surface area contributed by atoms with Gasteiger partial charge in [-0.15, -0.1) is 0 Å². The molecule has 1 aromatic carbocycles. The van der Waals surface area contributed by atoms with Crippen molar-refractivity contribution in [2.75, 3.05) is 19.8 Å². The van der Waals surface area contributed by atoms with E-state index in [1.165, 1.54) is 37.7 Å². The first-order chi connectivity index (χ1) is 9.88. The second-order valence-electron chi connectivity index (χ2n) is 6.00. The van der Waals surface area contributed by atoms with Gasteiger partial charge in [0.05, 0.1) is 13.2 Å². The number of hydrogen-bond donors (Lipinski definition) is 1. The molecule has 0 aromatic heterocycles. The summed E-state index contributed by atoms with van der Waals surface area (Å²) in [4.78, 5) is 0. The third-order valence-electron chi connectivity index (χ3n) is 4.67. The van der Waals surface area contributed by atoms with Crippen molar-refractivity contribution in [2.24, 2.45) is 11.7 Å². The monoisotopic (exact) mass is 275 g/mol. The first-order valence-corrected chi connectivity index (χ1v) is 7.98. The molecule has 3 rings (SSSR count). The van der Waals surface area contributed by atoms with Crippen LogP contribution in [0.1, 0.15) is 50.0 Å². The molecule has 1 aliphatic heterocycles. The first-order valence-electron chi connectivity index (χ1n) is 7.98. The van der Waals surface area contributed by atoms with Gasteiger partial charge in [-0.3, -0.25) is 0 Å². The van der Waals surface area contributed by atoms with Crippen LogP contribution in [-0.2, 0) is 0 Å². The molecule has 1 aliphatic carbocycles. The van der Waals surface area contributed by atoms with Crippen LogP contribution in [0.5, 0.6) is 11.5 Å². The van der Waals surface area contributed by atoms with E-state index in [2.05, 4.69) is 18.2 Å². The predicted molar refractivity (Wildman–Crippen MR) is 80.4 cm³/mol. The Morgan fingerprint density at radius 1 is 1.00 bits per heavy atom. The molecule has 110 valence electrons. The zero-order valence-corrected chi connectivity index (χ0v) is 12.1. The van der Waals surface area contributed by atoms with Gasteiger partial charge in [0.15, 0.2) is 11.5 Å². The van der Waals surface area contributed by atoms with Crippen LogP contribution in [0.4, 0.5) is 0 Å². The smallest absolute Gasteiger partial charge is 0.161 e. The number of ether oxygens (including phenoxy) is 2. The molecular weight excluding hydrogens is 250 g/mol. The molecule has 1 saturated carbocycles. The van der Waals surface area contributed by atoms with E-state index in [0.717, 1.165) is 43.6 Å². The fraction of sp³-hybridized carbons (Fsp3) is 0.647. The fourth-order valence-electron chi connectivity index (χ4n) is 3.55. The van der Waals surface area contributed by atoms with Crippen molar-refractivity contribution >= 4 is 0 Å². The highest BCUT2D eigenvalue weighted by molar-refractivity contribution is 5.44. The van der Waals surface area contributed by atoms with Crippen LogP contribution in [0.15, 0.2) is 18.2 Å². The largest absolute Gasteiger partial charge is 0.490 e. The van der Waals surface area contributed by atoms with Crippen molar-refractivity contribution in [1.29, 1.82) is 0 Å². The predicted octanol–water partition coefficient (Wildman–Crippen LogP) is 3.47. The lowest BCUT2D eigenvalue weighted by Crippen LogP contribution is -2.23. The van der Waals surface area contributed by atoms with E-state index in [-0.39, 0.29) is 0 Å². The Morgan fingerprint density at radius 3 is 2.50 bits per heavy atom. The van der Waals surface area contributed by atoms with Crippen molar-refractivity contribution in [1.82, 2.24) is 0 Å². The molecule has 0 saturated heterocycles. The molecule has 1 aromatic rings. The van der Waals surface area contributed by atoms with Crippen molar-refractivity contribution in [3.05, 3.63) is 23.8 Å². The summed E-state index contributed by atoms with van der Waals surface area (Å²) >= 11 is 0. The van der Waals surface area contributed by atoms with E-state index in [4.69, 9.17) is 15.2 Å². The average molecular weight is 275 g/mol. The van der Waals surface area contributed by atoms with Gasteiger partial charge >= 0.3 is 0 Å². The van der Waals surface area contributed by atoms with Crippen molar-refractivity contribution in [3.63, 3.8) is 0 Å². The van der Waals surface area contributed by atoms with Crippen molar-refractivity contribution in [3.8, 4) is 11.5 Å². The number of fused-ring (bicyclic) bond motifs is 1. The minimum absolute atomic E-state index is 0.465. The van der Waals surface area contributed by atoms with Gasteiger partial charge in [-0.25, -0.2) is 0 Å². The molecule has 0 radical (unpaired) electrons. The number of rotatable bonds is 3. The van der Waals surface area contributed by atoms with Gasteiger partial charge in [0.1, 0.15) is 0 Å². The van der Waals surface area contributed by atoms with Crippen LogP contribution in [0.3, 0.4) is 0 Å². The Kier molecular flexibility index (Phi) is 4.46. The molecular formula is C17H25NO2. The lowest BCUT2D eigenvalue weighted by Gasteiger charge is -2.30. The van der Waals surface area contributed by atoms with Crippen LogP contribution >= 0.6 is 0 Å². The fourth-order valence-corrected chi connectivity index (χ4v) is 3.55. The van der Waals surface area contributed by atoms with Crippen LogP contribution in [-0.4, -0.2) is 19.8 Å². The molecule has 20 heavy (non-hydrogen) atoms. The molecule has 0 amide bonds. The Balaban J connectivity index is 1.82. The Labute approximate surface area is 121 Å². The summed E-state index contributed by atoms with van der Waals surface area (Å²) in [5.41, 5.74) is 7.39. The Morgan fingerprint density at radius 2 is 1.75 bits per heavy atom. The molecule has 0 spiro atoms. The van der Waals surface area contributed by atoms with Crippen LogP contribution in [0.25, 0.3) is 0 Å². The van der Waals surface area contributed by atoms with E-state index >= 15 is 0 Å². The third kappa shape index (κ3) is 2.93. The minimum Gasteiger partial charge on any atom is -0.490 e. The Bertz CT molecular complexity index is 441. The minimum atomic E-state index is 0.465. The van der Waals surface area contributed by atoms with E-state index < -0.39 is 0 Å². The van der Waals surface area contributed by atoms with Gasteiger partial charge in [0.25, 0.3) is 0 Å². The highest BCUT2D eigenvalue weighted by Crippen LogP contribution is 2.39. The number of benzene rings is 1. The zero-order chi connectivity index (χ0) is 13.8. The van der Waals surface area contributed by atoms with Crippen LogP contribution < -0.4 is 15.2 Å². The summed E-state index contributed by atoms with van der Waals surface area (Å²) in [6, 6.07) is 6.40. The summed E-state index contributed by atoms with van der Waals surface area (Å²) in [6.45, 7) is 2.22. The van der Waals surface area contributed by atoms with E-state index in [0.29, 0.717) is 5.92 Å². The molecule has 1 unspecified atom stereocenters. The maximum atomic E-state index is 6.07. The van der Waals surface area contributed by atoms with Crippen molar-refractivity contribution < 1.29 is 9.47 Å². The second-order valence-corrected chi connectivity index (χ2v) is 6.00.